The molecule has 0 aliphatic carbocycles. The number of carbonyl (C=O) groups is 1. The summed E-state index contributed by atoms with van der Waals surface area (Å²) in [6, 6.07) is 3.64. The van der Waals surface area contributed by atoms with Crippen molar-refractivity contribution in [1.82, 2.24) is 0 Å². The second-order valence-electron chi connectivity index (χ2n) is 2.83. The zero-order valence-electron chi connectivity index (χ0n) is 7.29. The van der Waals surface area contributed by atoms with Crippen LogP contribution in [0.3, 0.4) is 0 Å². The van der Waals surface area contributed by atoms with Crippen LogP contribution in [0.25, 0.3) is 0 Å². The summed E-state index contributed by atoms with van der Waals surface area (Å²) in [5.74, 6) is -1.24. The lowest BCUT2D eigenvalue weighted by atomic mass is 10.1. The topological polar surface area (TPSA) is 57.5 Å². The van der Waals surface area contributed by atoms with Gasteiger partial charge in [0, 0.05) is 13.6 Å². The Hall–Kier alpha value is -0.140. The molecular formula is C9H8BrIO3. The van der Waals surface area contributed by atoms with Gasteiger partial charge >= 0.3 is 5.97 Å². The minimum absolute atomic E-state index is 0.415. The standard InChI is InChI=1S/C9H8BrIO3/c1-4-2-3-5(11)6(7(4)10)8(12)9(13)14/h2-3,8,12H,1H3,(H,13,14). The third kappa shape index (κ3) is 2.26. The lowest BCUT2D eigenvalue weighted by Gasteiger charge is -2.12. The lowest BCUT2D eigenvalue weighted by molar-refractivity contribution is -0.147. The second-order valence-corrected chi connectivity index (χ2v) is 4.79. The third-order valence-corrected chi connectivity index (χ3v) is 3.82. The highest BCUT2D eigenvalue weighted by atomic mass is 127. The Bertz CT molecular complexity index is 379. The van der Waals surface area contributed by atoms with E-state index in [0.29, 0.717) is 10.0 Å². The van der Waals surface area contributed by atoms with Crippen molar-refractivity contribution in [3.63, 3.8) is 0 Å². The van der Waals surface area contributed by atoms with Crippen molar-refractivity contribution in [2.75, 3.05) is 0 Å². The predicted molar refractivity (Wildman–Crippen MR) is 64.2 cm³/mol. The molecule has 1 rings (SSSR count). The van der Waals surface area contributed by atoms with Crippen molar-refractivity contribution < 1.29 is 15.0 Å². The number of hydrogen-bond acceptors (Lipinski definition) is 2. The molecule has 0 aliphatic rings. The van der Waals surface area contributed by atoms with Crippen molar-refractivity contribution >= 4 is 44.5 Å². The normalized spacial score (nSPS) is 12.6. The quantitative estimate of drug-likeness (QED) is 0.786. The Morgan fingerprint density at radius 1 is 1.57 bits per heavy atom. The van der Waals surface area contributed by atoms with Gasteiger partial charge in [0.15, 0.2) is 6.10 Å². The van der Waals surface area contributed by atoms with Crippen LogP contribution in [0.4, 0.5) is 0 Å². The molecule has 1 aromatic rings. The lowest BCUT2D eigenvalue weighted by Crippen LogP contribution is -2.13. The Morgan fingerprint density at radius 2 is 2.14 bits per heavy atom. The molecule has 14 heavy (non-hydrogen) atoms. The Kier molecular flexibility index (Phi) is 3.91. The highest BCUT2D eigenvalue weighted by Gasteiger charge is 2.22. The van der Waals surface area contributed by atoms with Crippen molar-refractivity contribution in [1.29, 1.82) is 0 Å². The predicted octanol–water partition coefficient (Wildman–Crippen LogP) is 2.48. The molecule has 1 atom stereocenters. The first-order chi connectivity index (χ1) is 6.45. The van der Waals surface area contributed by atoms with Crippen LogP contribution in [-0.2, 0) is 4.79 Å². The second kappa shape index (κ2) is 4.59. The minimum atomic E-state index is -1.48. The van der Waals surface area contributed by atoms with Gasteiger partial charge in [-0.25, -0.2) is 4.79 Å². The van der Waals surface area contributed by atoms with Crippen molar-refractivity contribution in [3.05, 3.63) is 31.3 Å². The molecule has 0 saturated carbocycles. The fourth-order valence-electron chi connectivity index (χ4n) is 1.05. The number of halogens is 2. The summed E-state index contributed by atoms with van der Waals surface area (Å²) in [5.41, 5.74) is 1.32. The van der Waals surface area contributed by atoms with E-state index in [0.717, 1.165) is 9.13 Å². The average Bonchev–Trinajstić information content (AvgIpc) is 2.12. The van der Waals surface area contributed by atoms with E-state index in [-0.39, 0.29) is 0 Å². The molecule has 5 heteroatoms. The van der Waals surface area contributed by atoms with Gasteiger partial charge in [0.1, 0.15) is 0 Å². The fraction of sp³-hybridized carbons (Fsp3) is 0.222. The largest absolute Gasteiger partial charge is 0.479 e. The van der Waals surface area contributed by atoms with Crippen LogP contribution in [0.1, 0.15) is 17.2 Å². The monoisotopic (exact) mass is 370 g/mol. The highest BCUT2D eigenvalue weighted by molar-refractivity contribution is 14.1. The molecule has 2 N–H and O–H groups in total. The van der Waals surface area contributed by atoms with Gasteiger partial charge < -0.3 is 10.2 Å². The number of aliphatic hydroxyl groups is 1. The molecule has 1 unspecified atom stereocenters. The van der Waals surface area contributed by atoms with Crippen LogP contribution in [0.15, 0.2) is 16.6 Å². The maximum Gasteiger partial charge on any atom is 0.337 e. The number of rotatable bonds is 2. The van der Waals surface area contributed by atoms with Crippen LogP contribution < -0.4 is 0 Å². The van der Waals surface area contributed by atoms with Gasteiger partial charge in [-0.1, -0.05) is 22.0 Å². The smallest absolute Gasteiger partial charge is 0.337 e. The molecule has 0 aromatic heterocycles. The molecule has 3 nitrogen and oxygen atoms in total. The van der Waals surface area contributed by atoms with Gasteiger partial charge in [-0.15, -0.1) is 0 Å². The Balaban J connectivity index is 3.32. The Labute approximate surface area is 103 Å². The number of aliphatic hydroxyl groups excluding tert-OH is 1. The van der Waals surface area contributed by atoms with Gasteiger partial charge in [-0.05, 0) is 41.1 Å². The molecule has 0 amide bonds. The number of aryl methyl sites for hydroxylation is 1. The van der Waals surface area contributed by atoms with Crippen molar-refractivity contribution in [2.45, 2.75) is 13.0 Å². The molecule has 1 aromatic carbocycles. The van der Waals surface area contributed by atoms with E-state index in [1.165, 1.54) is 0 Å². The number of carboxylic acids is 1. The van der Waals surface area contributed by atoms with Crippen LogP contribution in [0, 0.1) is 10.5 Å². The van der Waals surface area contributed by atoms with Gasteiger partial charge in [0.2, 0.25) is 0 Å². The summed E-state index contributed by atoms with van der Waals surface area (Å²) in [6.07, 6.45) is -1.48. The summed E-state index contributed by atoms with van der Waals surface area (Å²) < 4.78 is 1.38. The van der Waals surface area contributed by atoms with E-state index in [1.807, 2.05) is 35.6 Å². The van der Waals surface area contributed by atoms with Crippen molar-refractivity contribution in [2.24, 2.45) is 0 Å². The van der Waals surface area contributed by atoms with Gasteiger partial charge in [-0.2, -0.15) is 0 Å². The Morgan fingerprint density at radius 3 is 2.64 bits per heavy atom. The molecule has 0 bridgehead atoms. The first kappa shape index (κ1) is 11.9. The van der Waals surface area contributed by atoms with Gasteiger partial charge in [-0.3, -0.25) is 0 Å². The highest BCUT2D eigenvalue weighted by Crippen LogP contribution is 2.31. The fourth-order valence-corrected chi connectivity index (χ4v) is 2.73. The molecule has 0 heterocycles. The van der Waals surface area contributed by atoms with E-state index >= 15 is 0 Å². The van der Waals surface area contributed by atoms with E-state index in [1.54, 1.807) is 6.07 Å². The molecule has 76 valence electrons. The van der Waals surface area contributed by atoms with E-state index in [4.69, 9.17) is 5.11 Å². The molecule has 0 saturated heterocycles. The van der Waals surface area contributed by atoms with Crippen LogP contribution in [-0.4, -0.2) is 16.2 Å². The van der Waals surface area contributed by atoms with E-state index in [9.17, 15) is 9.90 Å². The SMILES string of the molecule is Cc1ccc(I)c(C(O)C(=O)O)c1Br. The summed E-state index contributed by atoms with van der Waals surface area (Å²) in [5, 5.41) is 18.2. The zero-order valence-corrected chi connectivity index (χ0v) is 11.0. The summed E-state index contributed by atoms with van der Waals surface area (Å²) in [4.78, 5) is 10.6. The minimum Gasteiger partial charge on any atom is -0.479 e. The van der Waals surface area contributed by atoms with Gasteiger partial charge in [0.25, 0.3) is 0 Å². The molecule has 0 radical (unpaired) electrons. The summed E-state index contributed by atoms with van der Waals surface area (Å²) >= 11 is 5.27. The maximum absolute atomic E-state index is 10.6. The number of benzene rings is 1. The van der Waals surface area contributed by atoms with Crippen molar-refractivity contribution in [3.8, 4) is 0 Å². The first-order valence-corrected chi connectivity index (χ1v) is 5.67. The first-order valence-electron chi connectivity index (χ1n) is 3.80. The summed E-state index contributed by atoms with van der Waals surface area (Å²) in [6.45, 7) is 1.85. The summed E-state index contributed by atoms with van der Waals surface area (Å²) in [7, 11) is 0. The van der Waals surface area contributed by atoms with Crippen LogP contribution in [0.5, 0.6) is 0 Å². The van der Waals surface area contributed by atoms with E-state index < -0.39 is 12.1 Å². The number of hydrogen-bond donors (Lipinski definition) is 2. The average molecular weight is 371 g/mol. The van der Waals surface area contributed by atoms with Crippen LogP contribution >= 0.6 is 38.5 Å². The molecular weight excluding hydrogens is 363 g/mol. The molecule has 0 fully saturated rings. The van der Waals surface area contributed by atoms with E-state index in [2.05, 4.69) is 15.9 Å². The molecule has 0 spiro atoms. The molecule has 0 aliphatic heterocycles. The zero-order chi connectivity index (χ0) is 10.9. The number of aliphatic carboxylic acids is 1. The van der Waals surface area contributed by atoms with Gasteiger partial charge in [0.05, 0.1) is 0 Å². The van der Waals surface area contributed by atoms with Crippen LogP contribution in [0.2, 0.25) is 0 Å². The third-order valence-electron chi connectivity index (χ3n) is 1.83. The number of carboxylic acid groups (broad SMARTS) is 1. The maximum atomic E-state index is 10.6.